The third-order valence-corrected chi connectivity index (χ3v) is 4.48. The maximum Gasteiger partial charge on any atom is 0.446 e. The Labute approximate surface area is 159 Å². The van der Waals surface area contributed by atoms with Crippen LogP contribution in [0, 0.1) is 17.0 Å². The molecule has 0 aliphatic rings. The second-order valence-electron chi connectivity index (χ2n) is 5.75. The van der Waals surface area contributed by atoms with Gasteiger partial charge in [0.05, 0.1) is 17.2 Å². The summed E-state index contributed by atoms with van der Waals surface area (Å²) in [6.45, 7) is 1.63. The first-order chi connectivity index (χ1) is 13.1. The van der Waals surface area contributed by atoms with Crippen molar-refractivity contribution in [2.24, 2.45) is 0 Å². The lowest BCUT2D eigenvalue weighted by Gasteiger charge is -2.06. The highest BCUT2D eigenvalue weighted by atomic mass is 32.2. The van der Waals surface area contributed by atoms with E-state index < -0.39 is 16.1 Å². The van der Waals surface area contributed by atoms with E-state index in [-0.39, 0.29) is 34.6 Å². The van der Waals surface area contributed by atoms with Gasteiger partial charge in [-0.15, -0.1) is 0 Å². The number of aryl methyl sites for hydroxylation is 1. The molecule has 0 aliphatic heterocycles. The van der Waals surface area contributed by atoms with Gasteiger partial charge in [-0.05, 0) is 65.0 Å². The number of nitro groups is 1. The molecule has 146 valence electrons. The van der Waals surface area contributed by atoms with E-state index in [4.69, 9.17) is 0 Å². The summed E-state index contributed by atoms with van der Waals surface area (Å²) in [6, 6.07) is 9.58. The molecule has 12 heteroatoms. The van der Waals surface area contributed by atoms with Crippen molar-refractivity contribution in [2.45, 2.75) is 23.9 Å². The first-order valence-corrected chi connectivity index (χ1v) is 8.58. The molecule has 0 N–H and O–H groups in total. The number of thioether (sulfide) groups is 1. The summed E-state index contributed by atoms with van der Waals surface area (Å²) in [7, 11) is 0. The van der Waals surface area contributed by atoms with Gasteiger partial charge < -0.3 is 0 Å². The Morgan fingerprint density at radius 2 is 1.82 bits per heavy atom. The van der Waals surface area contributed by atoms with Crippen LogP contribution < -0.4 is 5.69 Å². The Balaban J connectivity index is 1.82. The van der Waals surface area contributed by atoms with E-state index in [9.17, 15) is 28.1 Å². The van der Waals surface area contributed by atoms with Gasteiger partial charge in [-0.25, -0.2) is 4.79 Å². The number of aromatic nitrogens is 4. The highest BCUT2D eigenvalue weighted by Crippen LogP contribution is 2.36. The average Bonchev–Trinajstić information content (AvgIpc) is 2.95. The third-order valence-electron chi connectivity index (χ3n) is 3.74. The number of benzene rings is 2. The number of nitro benzene ring substituents is 1. The quantitative estimate of drug-likeness (QED) is 0.363. The van der Waals surface area contributed by atoms with Crippen LogP contribution in [0.5, 0.6) is 0 Å². The van der Waals surface area contributed by atoms with Crippen LogP contribution in [0.3, 0.4) is 0 Å². The van der Waals surface area contributed by atoms with Gasteiger partial charge in [0.15, 0.2) is 0 Å². The highest BCUT2D eigenvalue weighted by Gasteiger charge is 2.29. The molecular weight excluding hydrogens is 399 g/mol. The van der Waals surface area contributed by atoms with Gasteiger partial charge in [-0.1, -0.05) is 6.07 Å². The average molecular weight is 411 g/mol. The first-order valence-electron chi connectivity index (χ1n) is 7.77. The van der Waals surface area contributed by atoms with Crippen molar-refractivity contribution in [2.75, 3.05) is 0 Å². The zero-order chi connectivity index (χ0) is 20.5. The van der Waals surface area contributed by atoms with Crippen molar-refractivity contribution in [1.29, 1.82) is 0 Å². The van der Waals surface area contributed by atoms with E-state index in [1.165, 1.54) is 36.4 Å². The maximum atomic E-state index is 12.5. The molecule has 0 amide bonds. The van der Waals surface area contributed by atoms with Crippen molar-refractivity contribution in [3.8, 4) is 5.69 Å². The van der Waals surface area contributed by atoms with Crippen LogP contribution in [0.1, 0.15) is 11.1 Å². The summed E-state index contributed by atoms with van der Waals surface area (Å²) >= 11 is -0.256. The number of rotatable bonds is 5. The lowest BCUT2D eigenvalue weighted by atomic mass is 10.1. The lowest BCUT2D eigenvalue weighted by molar-refractivity contribution is -0.385. The zero-order valence-corrected chi connectivity index (χ0v) is 15.1. The lowest BCUT2D eigenvalue weighted by Crippen LogP contribution is -2.24. The Kier molecular flexibility index (Phi) is 5.23. The molecule has 0 bridgehead atoms. The highest BCUT2D eigenvalue weighted by molar-refractivity contribution is 8.00. The van der Waals surface area contributed by atoms with Gasteiger partial charge >= 0.3 is 11.2 Å². The van der Waals surface area contributed by atoms with E-state index in [1.54, 1.807) is 13.0 Å². The monoisotopic (exact) mass is 411 g/mol. The van der Waals surface area contributed by atoms with Gasteiger partial charge in [0.2, 0.25) is 0 Å². The SMILES string of the molecule is Cc1cc(Cn2nnn(-c3ccc(SC(F)(F)F)cc3)c2=O)ccc1[N+](=O)[O-]. The minimum Gasteiger partial charge on any atom is -0.258 e. The molecule has 28 heavy (non-hydrogen) atoms. The molecule has 0 saturated carbocycles. The first kappa shape index (κ1) is 19.6. The molecule has 3 aromatic rings. The Morgan fingerprint density at radius 3 is 2.39 bits per heavy atom. The second kappa shape index (κ2) is 7.46. The predicted octanol–water partition coefficient (Wildman–Crippen LogP) is 3.31. The largest absolute Gasteiger partial charge is 0.446 e. The summed E-state index contributed by atoms with van der Waals surface area (Å²) in [4.78, 5) is 22.8. The van der Waals surface area contributed by atoms with Crippen molar-refractivity contribution < 1.29 is 18.1 Å². The topological polar surface area (TPSA) is 95.8 Å². The van der Waals surface area contributed by atoms with E-state index >= 15 is 0 Å². The number of alkyl halides is 3. The van der Waals surface area contributed by atoms with Crippen molar-refractivity contribution in [1.82, 2.24) is 19.8 Å². The zero-order valence-electron chi connectivity index (χ0n) is 14.3. The smallest absolute Gasteiger partial charge is 0.258 e. The molecule has 0 radical (unpaired) electrons. The molecule has 0 fully saturated rings. The molecule has 1 heterocycles. The summed E-state index contributed by atoms with van der Waals surface area (Å²) in [5.74, 6) is 0. The number of hydrogen-bond donors (Lipinski definition) is 0. The van der Waals surface area contributed by atoms with E-state index in [0.29, 0.717) is 11.1 Å². The Hall–Kier alpha value is -3.15. The summed E-state index contributed by atoms with van der Waals surface area (Å²) in [5, 5.41) is 18.4. The Morgan fingerprint density at radius 1 is 1.14 bits per heavy atom. The van der Waals surface area contributed by atoms with Gasteiger partial charge in [-0.2, -0.15) is 22.5 Å². The minimum absolute atomic E-state index is 0.0157. The molecular formula is C16H12F3N5O3S. The molecule has 0 atom stereocenters. The fourth-order valence-electron chi connectivity index (χ4n) is 2.52. The van der Waals surface area contributed by atoms with Gasteiger partial charge in [0, 0.05) is 16.5 Å². The molecule has 3 rings (SSSR count). The summed E-state index contributed by atoms with van der Waals surface area (Å²) in [6.07, 6.45) is 0. The molecule has 8 nitrogen and oxygen atoms in total. The van der Waals surface area contributed by atoms with E-state index in [1.807, 2.05) is 0 Å². The van der Waals surface area contributed by atoms with Crippen LogP contribution in [0.15, 0.2) is 52.2 Å². The number of nitrogens with zero attached hydrogens (tertiary/aromatic N) is 5. The van der Waals surface area contributed by atoms with Crippen LogP contribution in [0.2, 0.25) is 0 Å². The molecule has 0 aliphatic carbocycles. The molecule has 2 aromatic carbocycles. The van der Waals surface area contributed by atoms with Crippen molar-refractivity contribution in [3.63, 3.8) is 0 Å². The minimum atomic E-state index is -4.40. The van der Waals surface area contributed by atoms with Crippen molar-refractivity contribution in [3.05, 3.63) is 74.2 Å². The maximum absolute atomic E-state index is 12.5. The number of halogens is 3. The van der Waals surface area contributed by atoms with Gasteiger partial charge in [-0.3, -0.25) is 10.1 Å². The normalized spacial score (nSPS) is 11.6. The fraction of sp³-hybridized carbons (Fsp3) is 0.188. The van der Waals surface area contributed by atoms with Crippen molar-refractivity contribution >= 4 is 17.4 Å². The van der Waals surface area contributed by atoms with E-state index in [0.717, 1.165) is 9.36 Å². The number of hydrogen-bond acceptors (Lipinski definition) is 6. The van der Waals surface area contributed by atoms with Crippen LogP contribution in [0.25, 0.3) is 5.69 Å². The van der Waals surface area contributed by atoms with Crippen LogP contribution in [0.4, 0.5) is 18.9 Å². The summed E-state index contributed by atoms with van der Waals surface area (Å²) in [5.41, 5.74) is -3.69. The fourth-order valence-corrected chi connectivity index (χ4v) is 3.06. The third kappa shape index (κ3) is 4.39. The standard InChI is InChI=1S/C16H12F3N5O3S/c1-10-8-11(2-7-14(10)24(26)27)9-22-15(25)23(21-20-22)12-3-5-13(6-4-12)28-16(17,18)19/h2-8H,9H2,1H3. The van der Waals surface area contributed by atoms with Crippen LogP contribution in [-0.4, -0.2) is 30.2 Å². The molecule has 0 saturated heterocycles. The molecule has 0 spiro atoms. The van der Waals surface area contributed by atoms with Gasteiger partial charge in [0.1, 0.15) is 0 Å². The van der Waals surface area contributed by atoms with E-state index in [2.05, 4.69) is 10.4 Å². The Bertz CT molecular complexity index is 1080. The van der Waals surface area contributed by atoms with Crippen LogP contribution >= 0.6 is 11.8 Å². The second-order valence-corrected chi connectivity index (χ2v) is 6.89. The van der Waals surface area contributed by atoms with Gasteiger partial charge in [0.25, 0.3) is 5.69 Å². The molecule has 0 unspecified atom stereocenters. The number of tetrazole rings is 1. The predicted molar refractivity (Wildman–Crippen MR) is 94.5 cm³/mol. The molecule has 1 aromatic heterocycles. The summed E-state index contributed by atoms with van der Waals surface area (Å²) < 4.78 is 39.2. The van der Waals surface area contributed by atoms with Crippen LogP contribution in [-0.2, 0) is 6.54 Å².